The van der Waals surface area contributed by atoms with Crippen LogP contribution in [0.1, 0.15) is 82.2 Å². The first-order valence-electron chi connectivity index (χ1n) is 12.6. The lowest BCUT2D eigenvalue weighted by Gasteiger charge is -2.34. The van der Waals surface area contributed by atoms with Gasteiger partial charge in [-0.1, -0.05) is 25.1 Å². The Kier molecular flexibility index (Phi) is 8.34. The minimum atomic E-state index is -0.512. The molecule has 1 aliphatic carbocycles. The molecule has 0 radical (unpaired) electrons. The number of rotatable bonds is 7. The fourth-order valence-corrected chi connectivity index (χ4v) is 7.26. The van der Waals surface area contributed by atoms with Crippen LogP contribution in [0.5, 0.6) is 0 Å². The molecule has 2 atom stereocenters. The van der Waals surface area contributed by atoms with Gasteiger partial charge in [-0.2, -0.15) is 0 Å². The van der Waals surface area contributed by atoms with Gasteiger partial charge in [-0.05, 0) is 70.8 Å². The van der Waals surface area contributed by atoms with E-state index in [0.29, 0.717) is 24.7 Å². The molecule has 0 aromatic carbocycles. The third kappa shape index (κ3) is 5.05. The number of piperidine rings is 1. The van der Waals surface area contributed by atoms with Crippen molar-refractivity contribution in [1.29, 1.82) is 0 Å². The van der Waals surface area contributed by atoms with Crippen molar-refractivity contribution in [3.8, 4) is 0 Å². The van der Waals surface area contributed by atoms with E-state index in [-0.39, 0.29) is 29.2 Å². The molecule has 1 amide bonds. The third-order valence-corrected chi connectivity index (χ3v) is 9.10. The SMILES string of the molecule is CCOC(=O)[C@@H]1CCCCN1C(=O)CSc1nc2sc3c(c2c(=O)n1[C@H](C)CC)CCCCC3. The van der Waals surface area contributed by atoms with Crippen LogP contribution >= 0.6 is 23.1 Å². The summed E-state index contributed by atoms with van der Waals surface area (Å²) >= 11 is 2.96. The number of esters is 1. The molecule has 2 aromatic heterocycles. The van der Waals surface area contributed by atoms with Crippen molar-refractivity contribution in [2.24, 2.45) is 0 Å². The average molecular weight is 506 g/mol. The summed E-state index contributed by atoms with van der Waals surface area (Å²) in [6.07, 6.45) is 8.68. The van der Waals surface area contributed by atoms with Crippen LogP contribution in [0.2, 0.25) is 0 Å². The second kappa shape index (κ2) is 11.2. The van der Waals surface area contributed by atoms with E-state index in [1.165, 1.54) is 28.6 Å². The summed E-state index contributed by atoms with van der Waals surface area (Å²) in [5, 5.41) is 1.39. The number of carbonyl (C=O) groups excluding carboxylic acids is 2. The van der Waals surface area contributed by atoms with E-state index in [1.54, 1.807) is 27.7 Å². The zero-order valence-electron chi connectivity index (χ0n) is 20.4. The number of likely N-dealkylation sites (tertiary alicyclic amines) is 1. The zero-order chi connectivity index (χ0) is 24.2. The van der Waals surface area contributed by atoms with Crippen LogP contribution < -0.4 is 5.56 Å². The smallest absolute Gasteiger partial charge is 0.328 e. The quantitative estimate of drug-likeness (QED) is 0.234. The number of hydrogen-bond acceptors (Lipinski definition) is 7. The molecule has 2 aromatic rings. The lowest BCUT2D eigenvalue weighted by atomic mass is 10.0. The monoisotopic (exact) mass is 505 g/mol. The Balaban J connectivity index is 1.62. The molecule has 1 fully saturated rings. The van der Waals surface area contributed by atoms with Gasteiger partial charge in [0, 0.05) is 17.5 Å². The molecule has 0 unspecified atom stereocenters. The van der Waals surface area contributed by atoms with Gasteiger partial charge in [-0.3, -0.25) is 14.2 Å². The molecule has 1 aliphatic heterocycles. The van der Waals surface area contributed by atoms with E-state index in [2.05, 4.69) is 6.92 Å². The molecule has 2 aliphatic rings. The number of fused-ring (bicyclic) bond motifs is 3. The fraction of sp³-hybridized carbons (Fsp3) is 0.680. The van der Waals surface area contributed by atoms with Gasteiger partial charge in [-0.15, -0.1) is 11.3 Å². The Bertz CT molecular complexity index is 1110. The van der Waals surface area contributed by atoms with E-state index in [1.807, 2.05) is 6.92 Å². The van der Waals surface area contributed by atoms with E-state index in [9.17, 15) is 14.4 Å². The number of thioether (sulfide) groups is 1. The van der Waals surface area contributed by atoms with Crippen molar-refractivity contribution < 1.29 is 14.3 Å². The van der Waals surface area contributed by atoms with E-state index >= 15 is 0 Å². The molecule has 0 N–H and O–H groups in total. The van der Waals surface area contributed by atoms with Gasteiger partial charge in [0.1, 0.15) is 10.9 Å². The van der Waals surface area contributed by atoms with Crippen LogP contribution in [-0.2, 0) is 27.2 Å². The highest BCUT2D eigenvalue weighted by atomic mass is 32.2. The summed E-state index contributed by atoms with van der Waals surface area (Å²) in [6.45, 7) is 6.75. The van der Waals surface area contributed by atoms with E-state index < -0.39 is 6.04 Å². The van der Waals surface area contributed by atoms with Crippen molar-refractivity contribution in [3.05, 3.63) is 20.8 Å². The summed E-state index contributed by atoms with van der Waals surface area (Å²) in [5.41, 5.74) is 1.22. The Hall–Kier alpha value is -1.87. The first-order valence-corrected chi connectivity index (χ1v) is 14.4. The highest BCUT2D eigenvalue weighted by Crippen LogP contribution is 2.35. The second-order valence-corrected chi connectivity index (χ2v) is 11.2. The minimum Gasteiger partial charge on any atom is -0.464 e. The van der Waals surface area contributed by atoms with Gasteiger partial charge in [0.05, 0.1) is 17.7 Å². The summed E-state index contributed by atoms with van der Waals surface area (Å²) in [4.78, 5) is 48.0. The second-order valence-electron chi connectivity index (χ2n) is 9.21. The third-order valence-electron chi connectivity index (χ3n) is 6.98. The molecule has 4 rings (SSSR count). The normalized spacial score (nSPS) is 19.5. The fourth-order valence-electron chi connectivity index (χ4n) is 4.97. The predicted octanol–water partition coefficient (Wildman–Crippen LogP) is 4.73. The number of nitrogens with zero attached hydrogens (tertiary/aromatic N) is 3. The molecule has 3 heterocycles. The number of aromatic nitrogens is 2. The Morgan fingerprint density at radius 3 is 2.74 bits per heavy atom. The number of thiophene rings is 1. The van der Waals surface area contributed by atoms with Crippen molar-refractivity contribution in [3.63, 3.8) is 0 Å². The summed E-state index contributed by atoms with van der Waals surface area (Å²) in [7, 11) is 0. The molecular formula is C25H35N3O4S2. The van der Waals surface area contributed by atoms with Crippen LogP contribution in [0.4, 0.5) is 0 Å². The zero-order valence-corrected chi connectivity index (χ0v) is 22.1. The summed E-state index contributed by atoms with van der Waals surface area (Å²) in [6, 6.07) is -0.521. The average Bonchev–Trinajstić information content (AvgIpc) is 3.03. The molecule has 0 saturated carbocycles. The number of aryl methyl sites for hydroxylation is 2. The first-order chi connectivity index (χ1) is 16.5. The molecular weight excluding hydrogens is 470 g/mol. The summed E-state index contributed by atoms with van der Waals surface area (Å²) < 4.78 is 7.00. The predicted molar refractivity (Wildman–Crippen MR) is 137 cm³/mol. The molecule has 0 spiro atoms. The maximum Gasteiger partial charge on any atom is 0.328 e. The van der Waals surface area contributed by atoms with Crippen LogP contribution in [0.3, 0.4) is 0 Å². The number of amides is 1. The maximum absolute atomic E-state index is 13.7. The van der Waals surface area contributed by atoms with Crippen LogP contribution in [0.25, 0.3) is 10.2 Å². The van der Waals surface area contributed by atoms with Crippen molar-refractivity contribution in [1.82, 2.24) is 14.5 Å². The molecule has 0 bridgehead atoms. The molecule has 7 nitrogen and oxygen atoms in total. The van der Waals surface area contributed by atoms with Crippen LogP contribution in [-0.4, -0.2) is 51.3 Å². The lowest BCUT2D eigenvalue weighted by molar-refractivity contribution is -0.155. The topological polar surface area (TPSA) is 81.5 Å². The minimum absolute atomic E-state index is 0.00871. The van der Waals surface area contributed by atoms with E-state index in [4.69, 9.17) is 9.72 Å². The van der Waals surface area contributed by atoms with Gasteiger partial charge in [0.25, 0.3) is 5.56 Å². The van der Waals surface area contributed by atoms with Gasteiger partial charge >= 0.3 is 5.97 Å². The highest BCUT2D eigenvalue weighted by Gasteiger charge is 2.33. The van der Waals surface area contributed by atoms with Gasteiger partial charge in [0.2, 0.25) is 5.91 Å². The van der Waals surface area contributed by atoms with E-state index in [0.717, 1.165) is 55.2 Å². The van der Waals surface area contributed by atoms with Gasteiger partial charge in [0.15, 0.2) is 5.16 Å². The number of ether oxygens (including phenoxy) is 1. The number of carbonyl (C=O) groups is 2. The summed E-state index contributed by atoms with van der Waals surface area (Å²) in [5.74, 6) is -0.276. The molecule has 9 heteroatoms. The largest absolute Gasteiger partial charge is 0.464 e. The molecule has 34 heavy (non-hydrogen) atoms. The lowest BCUT2D eigenvalue weighted by Crippen LogP contribution is -2.49. The van der Waals surface area contributed by atoms with Gasteiger partial charge in [-0.25, -0.2) is 9.78 Å². The van der Waals surface area contributed by atoms with Crippen molar-refractivity contribution in [2.75, 3.05) is 18.9 Å². The molecule has 1 saturated heterocycles. The maximum atomic E-state index is 13.7. The highest BCUT2D eigenvalue weighted by molar-refractivity contribution is 7.99. The Morgan fingerprint density at radius 1 is 1.18 bits per heavy atom. The number of hydrogen-bond donors (Lipinski definition) is 0. The molecule has 186 valence electrons. The Labute approximate surface area is 209 Å². The van der Waals surface area contributed by atoms with Crippen LogP contribution in [0, 0.1) is 0 Å². The Morgan fingerprint density at radius 2 is 1.97 bits per heavy atom. The van der Waals surface area contributed by atoms with Crippen LogP contribution in [0.15, 0.2) is 9.95 Å². The van der Waals surface area contributed by atoms with Crippen molar-refractivity contribution >= 4 is 45.2 Å². The van der Waals surface area contributed by atoms with Gasteiger partial charge < -0.3 is 9.64 Å². The standard InChI is InChI=1S/C25H35N3O4S2/c1-4-16(3)28-23(30)21-17-11-7-6-8-13-19(17)34-22(21)26-25(28)33-15-20(29)27-14-10-9-12-18(27)24(31)32-5-2/h16,18H,4-15H2,1-3H3/t16-,18+/m1/s1. The van der Waals surface area contributed by atoms with Crippen molar-refractivity contribution in [2.45, 2.75) is 95.8 Å². The first kappa shape index (κ1) is 25.2.